The highest BCUT2D eigenvalue weighted by molar-refractivity contribution is 6.31. The Balaban J connectivity index is 1.57. The van der Waals surface area contributed by atoms with Gasteiger partial charge in [0.2, 0.25) is 5.91 Å². The molecular formula is C29H29Cl2N3O5. The van der Waals surface area contributed by atoms with E-state index < -0.39 is 36.1 Å². The van der Waals surface area contributed by atoms with Crippen LogP contribution in [0.25, 0.3) is 0 Å². The molecule has 0 radical (unpaired) electrons. The number of amides is 3. The van der Waals surface area contributed by atoms with Crippen LogP contribution in [0.4, 0.5) is 10.5 Å². The topological polar surface area (TPSA) is 108 Å². The number of hydrogen-bond donors (Lipinski definition) is 3. The second kappa shape index (κ2) is 13.0. The number of fused-ring (bicyclic) bond motifs is 1. The molecule has 0 saturated carbocycles. The number of carboxylic acid groups (broad SMARTS) is 1. The fraction of sp³-hybridized carbons (Fsp3) is 0.276. The Bertz CT molecular complexity index is 1330. The van der Waals surface area contributed by atoms with Crippen molar-refractivity contribution in [2.24, 2.45) is 0 Å². The molecule has 3 N–H and O–H groups in total. The summed E-state index contributed by atoms with van der Waals surface area (Å²) in [5.41, 5.74) is 3.24. The van der Waals surface area contributed by atoms with E-state index in [1.54, 1.807) is 43.3 Å². The molecule has 1 heterocycles. The average molecular weight is 570 g/mol. The van der Waals surface area contributed by atoms with Crippen molar-refractivity contribution in [2.75, 3.05) is 5.32 Å². The van der Waals surface area contributed by atoms with Gasteiger partial charge in [-0.15, -0.1) is 0 Å². The molecular weight excluding hydrogens is 541 g/mol. The normalized spacial score (nSPS) is 16.1. The van der Waals surface area contributed by atoms with E-state index in [4.69, 9.17) is 27.9 Å². The first kappa shape index (κ1) is 28.4. The third-order valence-corrected chi connectivity index (χ3v) is 7.07. The first-order valence-corrected chi connectivity index (χ1v) is 13.2. The summed E-state index contributed by atoms with van der Waals surface area (Å²) in [5.74, 6) is -1.44. The number of rotatable bonds is 9. The lowest BCUT2D eigenvalue weighted by Crippen LogP contribution is -2.58. The van der Waals surface area contributed by atoms with Crippen molar-refractivity contribution >= 4 is 46.8 Å². The van der Waals surface area contributed by atoms with Crippen LogP contribution in [0.3, 0.4) is 0 Å². The van der Waals surface area contributed by atoms with E-state index in [0.29, 0.717) is 22.2 Å². The Morgan fingerprint density at radius 1 is 1.00 bits per heavy atom. The number of aliphatic carboxylic acids is 1. The summed E-state index contributed by atoms with van der Waals surface area (Å²) in [6, 6.07) is 19.1. The number of ether oxygens (including phenoxy) is 1. The van der Waals surface area contributed by atoms with Crippen LogP contribution in [0.5, 0.6) is 0 Å². The Kier molecular flexibility index (Phi) is 9.45. The van der Waals surface area contributed by atoms with Gasteiger partial charge in [0.05, 0.1) is 19.1 Å². The number of carbonyl (C=O) groups excluding carboxylic acids is 2. The van der Waals surface area contributed by atoms with Crippen LogP contribution < -0.4 is 10.6 Å². The number of nitrogens with one attached hydrogen (secondary N) is 2. The third kappa shape index (κ3) is 7.72. The molecule has 3 atom stereocenters. The molecule has 0 spiro atoms. The highest BCUT2D eigenvalue weighted by atomic mass is 35.5. The van der Waals surface area contributed by atoms with Crippen LogP contribution in [-0.2, 0) is 33.9 Å². The molecule has 0 unspecified atom stereocenters. The van der Waals surface area contributed by atoms with Gasteiger partial charge in [-0.05, 0) is 60.4 Å². The number of benzene rings is 3. The van der Waals surface area contributed by atoms with Gasteiger partial charge in [-0.2, -0.15) is 0 Å². The number of nitrogens with zero attached hydrogens (tertiary/aromatic N) is 1. The van der Waals surface area contributed by atoms with Crippen LogP contribution in [0.2, 0.25) is 10.0 Å². The summed E-state index contributed by atoms with van der Waals surface area (Å²) in [7, 11) is 0. The van der Waals surface area contributed by atoms with Crippen molar-refractivity contribution in [1.29, 1.82) is 0 Å². The van der Waals surface area contributed by atoms with E-state index in [0.717, 1.165) is 16.7 Å². The second-order valence-corrected chi connectivity index (χ2v) is 10.3. The van der Waals surface area contributed by atoms with Crippen molar-refractivity contribution < 1.29 is 24.2 Å². The van der Waals surface area contributed by atoms with Gasteiger partial charge in [0, 0.05) is 28.3 Å². The largest absolute Gasteiger partial charge is 0.481 e. The quantitative estimate of drug-likeness (QED) is 0.314. The smallest absolute Gasteiger partial charge is 0.319 e. The fourth-order valence-corrected chi connectivity index (χ4v) is 4.88. The van der Waals surface area contributed by atoms with Crippen LogP contribution in [0, 0.1) is 0 Å². The molecule has 3 amide bonds. The predicted octanol–water partition coefficient (Wildman–Crippen LogP) is 5.52. The summed E-state index contributed by atoms with van der Waals surface area (Å²) in [4.78, 5) is 40.2. The number of halogens is 2. The molecule has 0 aliphatic carbocycles. The monoisotopic (exact) mass is 569 g/mol. The van der Waals surface area contributed by atoms with Gasteiger partial charge in [-0.3, -0.25) is 9.59 Å². The molecule has 39 heavy (non-hydrogen) atoms. The molecule has 204 valence electrons. The zero-order valence-corrected chi connectivity index (χ0v) is 22.8. The third-order valence-electron chi connectivity index (χ3n) is 6.58. The van der Waals surface area contributed by atoms with E-state index in [1.807, 2.05) is 36.4 Å². The molecule has 0 saturated heterocycles. The lowest BCUT2D eigenvalue weighted by atomic mass is 9.91. The van der Waals surface area contributed by atoms with Gasteiger partial charge < -0.3 is 25.4 Å². The van der Waals surface area contributed by atoms with E-state index >= 15 is 0 Å². The van der Waals surface area contributed by atoms with Gasteiger partial charge in [-0.25, -0.2) is 4.79 Å². The molecule has 0 fully saturated rings. The van der Waals surface area contributed by atoms with Crippen LogP contribution in [0.15, 0.2) is 72.8 Å². The molecule has 1 aliphatic heterocycles. The maximum atomic E-state index is 14.0. The minimum atomic E-state index is -1.10. The number of anilines is 1. The van der Waals surface area contributed by atoms with E-state index in [2.05, 4.69) is 10.6 Å². The first-order valence-electron chi connectivity index (χ1n) is 12.5. The highest BCUT2D eigenvalue weighted by Crippen LogP contribution is 2.27. The first-order chi connectivity index (χ1) is 18.7. The number of carbonyl (C=O) groups is 3. The van der Waals surface area contributed by atoms with Gasteiger partial charge in [0.1, 0.15) is 6.04 Å². The van der Waals surface area contributed by atoms with Crippen molar-refractivity contribution in [3.8, 4) is 0 Å². The van der Waals surface area contributed by atoms with Crippen molar-refractivity contribution in [3.63, 3.8) is 0 Å². The highest BCUT2D eigenvalue weighted by Gasteiger charge is 2.38. The summed E-state index contributed by atoms with van der Waals surface area (Å²) in [6.45, 7) is 2.11. The van der Waals surface area contributed by atoms with Gasteiger partial charge in [0.25, 0.3) is 0 Å². The molecule has 8 nitrogen and oxygen atoms in total. The zero-order chi connectivity index (χ0) is 27.9. The minimum Gasteiger partial charge on any atom is -0.481 e. The summed E-state index contributed by atoms with van der Waals surface area (Å²) in [6.07, 6.45) is -0.571. The molecule has 0 bridgehead atoms. The number of carboxylic acids is 1. The van der Waals surface area contributed by atoms with Crippen molar-refractivity contribution in [2.45, 2.75) is 51.1 Å². The Morgan fingerprint density at radius 3 is 2.41 bits per heavy atom. The van der Waals surface area contributed by atoms with Crippen LogP contribution >= 0.6 is 23.2 Å². The van der Waals surface area contributed by atoms with Gasteiger partial charge in [0.15, 0.2) is 0 Å². The molecule has 0 aromatic heterocycles. The van der Waals surface area contributed by atoms with E-state index in [1.165, 1.54) is 4.90 Å². The Labute approximate surface area is 236 Å². The van der Waals surface area contributed by atoms with Crippen LogP contribution in [0.1, 0.15) is 30.0 Å². The summed E-state index contributed by atoms with van der Waals surface area (Å²) < 4.78 is 6.03. The lowest BCUT2D eigenvalue weighted by Gasteiger charge is -2.39. The Morgan fingerprint density at radius 2 is 1.72 bits per heavy atom. The minimum absolute atomic E-state index is 0.182. The number of urea groups is 1. The molecule has 3 aromatic rings. The fourth-order valence-electron chi connectivity index (χ4n) is 4.57. The predicted molar refractivity (Wildman–Crippen MR) is 150 cm³/mol. The maximum absolute atomic E-state index is 14.0. The van der Waals surface area contributed by atoms with Gasteiger partial charge in [-0.1, -0.05) is 65.7 Å². The van der Waals surface area contributed by atoms with Crippen molar-refractivity contribution in [1.82, 2.24) is 10.2 Å². The second-order valence-electron chi connectivity index (χ2n) is 9.42. The Hall–Kier alpha value is -3.59. The molecule has 3 aromatic carbocycles. The molecule has 10 heteroatoms. The van der Waals surface area contributed by atoms with Crippen molar-refractivity contribution in [3.05, 3.63) is 99.5 Å². The van der Waals surface area contributed by atoms with Gasteiger partial charge >= 0.3 is 12.0 Å². The molecule has 4 rings (SSSR count). The maximum Gasteiger partial charge on any atom is 0.319 e. The summed E-state index contributed by atoms with van der Waals surface area (Å²) in [5, 5.41) is 16.0. The SMILES string of the molecule is C[C@@H](OCc1ccc(Cl)cc1)[C@H](NC(=O)Nc1cccc(Cl)c1)C(=O)N1Cc2ccccc2C[C@@H]1CC(=O)O. The zero-order valence-electron chi connectivity index (χ0n) is 21.3. The van der Waals surface area contributed by atoms with E-state index in [9.17, 15) is 19.5 Å². The standard InChI is InChI=1S/C29H29Cl2N3O5/c1-18(39-17-19-9-11-22(30)12-10-19)27(33-29(38)32-24-8-4-7-23(31)14-24)28(37)34-16-21-6-3-2-5-20(21)13-25(34)15-26(35)36/h2-12,14,18,25,27H,13,15-17H2,1H3,(H,35,36)(H2,32,33,38)/t18-,25-,27+/m1/s1. The van der Waals surface area contributed by atoms with E-state index in [-0.39, 0.29) is 19.6 Å². The number of hydrogen-bond acceptors (Lipinski definition) is 4. The summed E-state index contributed by atoms with van der Waals surface area (Å²) >= 11 is 12.0. The average Bonchev–Trinajstić information content (AvgIpc) is 2.90. The van der Waals surface area contributed by atoms with Crippen LogP contribution in [-0.4, -0.2) is 46.1 Å². The lowest BCUT2D eigenvalue weighted by molar-refractivity contribution is -0.144. The molecule has 1 aliphatic rings.